The summed E-state index contributed by atoms with van der Waals surface area (Å²) in [5.41, 5.74) is -1.27. The number of benzene rings is 1. The van der Waals surface area contributed by atoms with E-state index in [1.165, 1.54) is 13.0 Å². The molecule has 0 unspecified atom stereocenters. The zero-order valence-corrected chi connectivity index (χ0v) is 9.81. The first-order valence-electron chi connectivity index (χ1n) is 5.07. The lowest BCUT2D eigenvalue weighted by molar-refractivity contribution is -0.289. The second kappa shape index (κ2) is 4.99. The molecule has 19 heavy (non-hydrogen) atoms. The van der Waals surface area contributed by atoms with E-state index >= 15 is 0 Å². The average Bonchev–Trinajstić information content (AvgIpc) is 2.26. The van der Waals surface area contributed by atoms with Crippen LogP contribution in [0.3, 0.4) is 0 Å². The average molecular weight is 279 g/mol. The minimum absolute atomic E-state index is 0.0170. The summed E-state index contributed by atoms with van der Waals surface area (Å²) in [6.45, 7) is 4.56. The Labute approximate surface area is 105 Å². The first-order chi connectivity index (χ1) is 8.55. The molecule has 1 N–H and O–H groups in total. The molecule has 0 atom stereocenters. The third-order valence-electron chi connectivity index (χ3n) is 2.26. The third kappa shape index (κ3) is 3.30. The van der Waals surface area contributed by atoms with Gasteiger partial charge in [0.15, 0.2) is 0 Å². The molecule has 0 saturated heterocycles. The largest absolute Gasteiger partial charge is 0.458 e. The zero-order valence-electron chi connectivity index (χ0n) is 9.81. The fraction of sp³-hybridized carbons (Fsp3) is 0.250. The van der Waals surface area contributed by atoms with Crippen molar-refractivity contribution >= 4 is 11.6 Å². The van der Waals surface area contributed by atoms with Crippen molar-refractivity contribution in [3.05, 3.63) is 42.0 Å². The lowest BCUT2D eigenvalue weighted by atomic mass is 10.0. The summed E-state index contributed by atoms with van der Waals surface area (Å²) in [5.74, 6) is -5.46. The fourth-order valence-electron chi connectivity index (χ4n) is 1.35. The molecule has 1 rings (SSSR count). The van der Waals surface area contributed by atoms with Gasteiger partial charge in [0.05, 0.1) is 0 Å². The van der Waals surface area contributed by atoms with Crippen LogP contribution in [0.1, 0.15) is 18.1 Å². The molecule has 1 aromatic rings. The Morgan fingerprint density at radius 3 is 2.26 bits per heavy atom. The van der Waals surface area contributed by atoms with E-state index in [1.54, 1.807) is 0 Å². The second-order valence-corrected chi connectivity index (χ2v) is 3.81. The Balaban J connectivity index is 3.14. The Morgan fingerprint density at radius 1 is 1.21 bits per heavy atom. The number of hydrogen-bond donors (Lipinski definition) is 1. The first-order valence-corrected chi connectivity index (χ1v) is 5.07. The smallest absolute Gasteiger partial charge is 0.326 e. The molecule has 2 nitrogen and oxygen atoms in total. The van der Waals surface area contributed by atoms with E-state index in [0.29, 0.717) is 12.1 Å². The van der Waals surface area contributed by atoms with Crippen molar-refractivity contribution in [1.29, 1.82) is 0 Å². The van der Waals surface area contributed by atoms with E-state index < -0.39 is 23.6 Å². The topological polar surface area (TPSA) is 29.1 Å². The summed E-state index contributed by atoms with van der Waals surface area (Å²) >= 11 is 0. The maximum Gasteiger partial charge on any atom is 0.458 e. The summed E-state index contributed by atoms with van der Waals surface area (Å²) in [5, 5.41) is 2.22. The fourth-order valence-corrected chi connectivity index (χ4v) is 1.35. The number of hydrogen-bond acceptors (Lipinski definition) is 1. The molecule has 1 aromatic carbocycles. The highest BCUT2D eigenvalue weighted by atomic mass is 19.4. The molecular formula is C12H10F5NO. The van der Waals surface area contributed by atoms with Gasteiger partial charge in [0.25, 0.3) is 0 Å². The summed E-state index contributed by atoms with van der Waals surface area (Å²) in [6, 6.07) is 3.62. The highest BCUT2D eigenvalue weighted by Crippen LogP contribution is 2.44. The summed E-state index contributed by atoms with van der Waals surface area (Å²) in [7, 11) is 0. The van der Waals surface area contributed by atoms with Crippen molar-refractivity contribution in [2.45, 2.75) is 19.0 Å². The Kier molecular flexibility index (Phi) is 3.97. The van der Waals surface area contributed by atoms with Gasteiger partial charge in [-0.25, -0.2) is 0 Å². The van der Waals surface area contributed by atoms with Gasteiger partial charge in [0.1, 0.15) is 0 Å². The highest BCUT2D eigenvalue weighted by Gasteiger charge is 2.58. The van der Waals surface area contributed by atoms with Gasteiger partial charge in [-0.05, 0) is 11.6 Å². The van der Waals surface area contributed by atoms with Crippen LogP contribution in [-0.4, -0.2) is 12.1 Å². The van der Waals surface area contributed by atoms with E-state index in [2.05, 4.69) is 11.9 Å². The van der Waals surface area contributed by atoms with Gasteiger partial charge in [-0.15, -0.1) is 0 Å². The molecule has 0 aromatic heterocycles. The molecule has 0 bridgehead atoms. The summed E-state index contributed by atoms with van der Waals surface area (Å²) < 4.78 is 62.9. The molecule has 0 aliphatic carbocycles. The zero-order chi connectivity index (χ0) is 14.8. The van der Waals surface area contributed by atoms with Gasteiger partial charge < -0.3 is 5.32 Å². The van der Waals surface area contributed by atoms with Crippen LogP contribution in [0.25, 0.3) is 5.70 Å². The van der Waals surface area contributed by atoms with Crippen LogP contribution in [0.5, 0.6) is 0 Å². The third-order valence-corrected chi connectivity index (χ3v) is 2.26. The predicted molar refractivity (Wildman–Crippen MR) is 59.2 cm³/mol. The number of alkyl halides is 5. The van der Waals surface area contributed by atoms with E-state index in [0.717, 1.165) is 6.07 Å². The van der Waals surface area contributed by atoms with Crippen LogP contribution in [0, 0.1) is 0 Å². The number of rotatable bonds is 3. The van der Waals surface area contributed by atoms with Crippen molar-refractivity contribution in [3.63, 3.8) is 0 Å². The second-order valence-electron chi connectivity index (χ2n) is 3.81. The number of carbonyl (C=O) groups excluding carboxylic acids is 1. The van der Waals surface area contributed by atoms with Gasteiger partial charge in [-0.1, -0.05) is 24.8 Å². The van der Waals surface area contributed by atoms with Crippen molar-refractivity contribution in [2.24, 2.45) is 0 Å². The molecule has 0 aliphatic heterocycles. The molecule has 1 amide bonds. The first kappa shape index (κ1) is 15.1. The van der Waals surface area contributed by atoms with Gasteiger partial charge >= 0.3 is 12.1 Å². The van der Waals surface area contributed by atoms with Crippen LogP contribution in [0.4, 0.5) is 22.0 Å². The van der Waals surface area contributed by atoms with Crippen LogP contribution in [0.15, 0.2) is 30.8 Å². The predicted octanol–water partition coefficient (Wildman–Crippen LogP) is 3.45. The summed E-state index contributed by atoms with van der Waals surface area (Å²) in [6.07, 6.45) is -5.68. The molecule has 104 valence electrons. The van der Waals surface area contributed by atoms with Gasteiger partial charge in [0, 0.05) is 18.2 Å². The Hall–Kier alpha value is -1.92. The van der Waals surface area contributed by atoms with Crippen molar-refractivity contribution in [3.8, 4) is 0 Å². The molecule has 0 fully saturated rings. The lowest BCUT2D eigenvalue weighted by Gasteiger charge is -2.20. The Morgan fingerprint density at radius 2 is 1.79 bits per heavy atom. The standard InChI is InChI=1S/C12H10F5NO/c1-7(18-8(2)19)9-4-3-5-10(6-9)11(13,14)12(15,16)17/h3-6H,1H2,2H3,(H,18,19). The molecule has 7 heteroatoms. The van der Waals surface area contributed by atoms with Gasteiger partial charge in [-0.2, -0.15) is 22.0 Å². The molecule has 0 heterocycles. The molecule has 0 aliphatic rings. The highest BCUT2D eigenvalue weighted by molar-refractivity contribution is 5.84. The van der Waals surface area contributed by atoms with E-state index in [-0.39, 0.29) is 11.3 Å². The number of amides is 1. The number of nitrogens with one attached hydrogen (secondary N) is 1. The van der Waals surface area contributed by atoms with Crippen molar-refractivity contribution in [2.75, 3.05) is 0 Å². The van der Waals surface area contributed by atoms with Crippen LogP contribution in [0.2, 0.25) is 0 Å². The lowest BCUT2D eigenvalue weighted by Crippen LogP contribution is -2.33. The summed E-state index contributed by atoms with van der Waals surface area (Å²) in [4.78, 5) is 10.8. The molecular weight excluding hydrogens is 269 g/mol. The van der Waals surface area contributed by atoms with Crippen LogP contribution < -0.4 is 5.32 Å². The van der Waals surface area contributed by atoms with Crippen LogP contribution >= 0.6 is 0 Å². The minimum Gasteiger partial charge on any atom is -0.326 e. The van der Waals surface area contributed by atoms with E-state index in [9.17, 15) is 26.7 Å². The van der Waals surface area contributed by atoms with Crippen molar-refractivity contribution in [1.82, 2.24) is 5.32 Å². The van der Waals surface area contributed by atoms with Crippen LogP contribution in [-0.2, 0) is 10.7 Å². The molecule has 0 spiro atoms. The van der Waals surface area contributed by atoms with E-state index in [1.807, 2.05) is 0 Å². The van der Waals surface area contributed by atoms with Gasteiger partial charge in [0.2, 0.25) is 5.91 Å². The SMILES string of the molecule is C=C(NC(C)=O)c1cccc(C(F)(F)C(F)(F)F)c1. The molecule has 0 saturated carbocycles. The van der Waals surface area contributed by atoms with E-state index in [4.69, 9.17) is 0 Å². The minimum atomic E-state index is -5.68. The monoisotopic (exact) mass is 279 g/mol. The molecule has 0 radical (unpaired) electrons. The maximum absolute atomic E-state index is 13.1. The maximum atomic E-state index is 13.1. The normalized spacial score (nSPS) is 12.1. The van der Waals surface area contributed by atoms with Gasteiger partial charge in [-0.3, -0.25) is 4.79 Å². The number of halogens is 5. The quantitative estimate of drug-likeness (QED) is 0.844. The van der Waals surface area contributed by atoms with Crippen molar-refractivity contribution < 1.29 is 26.7 Å². The number of carbonyl (C=O) groups is 1. The Bertz CT molecular complexity index is 507.